The van der Waals surface area contributed by atoms with E-state index in [2.05, 4.69) is 10.6 Å². The normalized spacial score (nSPS) is 18.4. The number of thioether (sulfide) groups is 1. The second kappa shape index (κ2) is 14.6. The molecule has 3 atom stereocenters. The van der Waals surface area contributed by atoms with E-state index in [1.54, 1.807) is 24.3 Å². The highest BCUT2D eigenvalue weighted by molar-refractivity contribution is 8.00. The molecule has 2 aliphatic heterocycles. The van der Waals surface area contributed by atoms with Crippen LogP contribution in [0.1, 0.15) is 56.0 Å². The van der Waals surface area contributed by atoms with Crippen molar-refractivity contribution in [2.24, 2.45) is 0 Å². The third-order valence-corrected chi connectivity index (χ3v) is 8.40. The summed E-state index contributed by atoms with van der Waals surface area (Å²) in [5, 5.41) is 25.4. The minimum atomic E-state index is -1.43. The summed E-state index contributed by atoms with van der Waals surface area (Å²) in [6, 6.07) is 4.59. The molecule has 0 bridgehead atoms. The average Bonchev–Trinajstić information content (AvgIpc) is 2.96. The first kappa shape index (κ1) is 34.4. The van der Waals surface area contributed by atoms with E-state index in [1.165, 1.54) is 0 Å². The van der Waals surface area contributed by atoms with Gasteiger partial charge in [-0.3, -0.25) is 29.4 Å². The smallest absolute Gasteiger partial charge is 0.414 e. The molecule has 3 rings (SSSR count). The highest BCUT2D eigenvalue weighted by Gasteiger charge is 2.54. The van der Waals surface area contributed by atoms with Crippen LogP contribution in [0.5, 0.6) is 0 Å². The van der Waals surface area contributed by atoms with Gasteiger partial charge in [0.2, 0.25) is 11.8 Å². The summed E-state index contributed by atoms with van der Waals surface area (Å²) in [6.07, 6.45) is -1.22. The van der Waals surface area contributed by atoms with Crippen LogP contribution >= 0.6 is 23.4 Å². The quantitative estimate of drug-likeness (QED) is 0.162. The zero-order valence-electron chi connectivity index (χ0n) is 24.2. The Kier molecular flexibility index (Phi) is 11.4. The zero-order chi connectivity index (χ0) is 32.8. The van der Waals surface area contributed by atoms with Crippen molar-refractivity contribution in [3.8, 4) is 0 Å². The summed E-state index contributed by atoms with van der Waals surface area (Å²) in [6.45, 7) is 5.59. The third kappa shape index (κ3) is 8.50. The number of nitrogens with one attached hydrogen (secondary N) is 3. The maximum atomic E-state index is 12.8. The Labute approximate surface area is 261 Å². The molecule has 1 saturated heterocycles. The van der Waals surface area contributed by atoms with Gasteiger partial charge in [0.25, 0.3) is 11.8 Å². The SMILES string of the molecule is CC(C)(C)c1ccc(C(=O)NC(CCCC(=O)NC2C(=O)N3C(C(=O)O)=C(COC(=O)NC(=O)CCl)CS[C@@H]23)C(=O)O)cc1. The number of benzene rings is 1. The number of carboxylic acid groups (broad SMARTS) is 2. The maximum Gasteiger partial charge on any atom is 0.414 e. The number of hydrogen-bond acceptors (Lipinski definition) is 9. The molecule has 0 saturated carbocycles. The minimum Gasteiger partial charge on any atom is -0.480 e. The lowest BCUT2D eigenvalue weighted by Crippen LogP contribution is -2.70. The molecule has 2 aliphatic rings. The second-order valence-corrected chi connectivity index (χ2v) is 12.4. The number of carboxylic acids is 2. The van der Waals surface area contributed by atoms with Crippen molar-refractivity contribution in [2.75, 3.05) is 18.2 Å². The highest BCUT2D eigenvalue weighted by Crippen LogP contribution is 2.40. The number of fused-ring (bicyclic) bond motifs is 1. The Morgan fingerprint density at radius 3 is 2.32 bits per heavy atom. The molecule has 44 heavy (non-hydrogen) atoms. The van der Waals surface area contributed by atoms with E-state index < -0.39 is 71.6 Å². The number of imide groups is 1. The standard InChI is InChI=1S/C28H33ClN4O10S/c1-28(2,3)16-9-7-14(8-10-16)22(36)30-17(25(38)39)5-4-6-18(34)31-20-23(37)33-21(26(40)41)15(13-44-24(20)33)12-43-27(42)32-19(35)11-29/h7-10,17,20,24H,4-6,11-13H2,1-3H3,(H,30,36)(H,31,34)(H,38,39)(H,40,41)(H,32,35,42)/t17?,20?,24-/m0/s1. The molecule has 14 nitrogen and oxygen atoms in total. The second-order valence-electron chi connectivity index (χ2n) is 11.1. The van der Waals surface area contributed by atoms with Gasteiger partial charge in [0.1, 0.15) is 35.6 Å². The van der Waals surface area contributed by atoms with Crippen molar-refractivity contribution >= 4 is 65.0 Å². The molecule has 0 aromatic heterocycles. The summed E-state index contributed by atoms with van der Waals surface area (Å²) >= 11 is 6.45. The zero-order valence-corrected chi connectivity index (χ0v) is 25.8. The van der Waals surface area contributed by atoms with Gasteiger partial charge in [-0.2, -0.15) is 0 Å². The lowest BCUT2D eigenvalue weighted by molar-refractivity contribution is -0.150. The van der Waals surface area contributed by atoms with Gasteiger partial charge >= 0.3 is 18.0 Å². The van der Waals surface area contributed by atoms with Crippen LogP contribution in [-0.2, 0) is 34.1 Å². The number of β-lactam (4-membered cyclic amide) rings is 1. The molecule has 1 aromatic carbocycles. The number of alkyl carbamates (subject to hydrolysis) is 1. The van der Waals surface area contributed by atoms with Gasteiger partial charge in [0.05, 0.1) is 0 Å². The lowest BCUT2D eigenvalue weighted by atomic mass is 9.86. The molecule has 238 valence electrons. The topological polar surface area (TPSA) is 209 Å². The summed E-state index contributed by atoms with van der Waals surface area (Å²) in [4.78, 5) is 85.6. The van der Waals surface area contributed by atoms with E-state index in [-0.39, 0.29) is 41.7 Å². The number of rotatable bonds is 12. The molecule has 1 fully saturated rings. The molecular weight excluding hydrogens is 620 g/mol. The Morgan fingerprint density at radius 1 is 1.09 bits per heavy atom. The van der Waals surface area contributed by atoms with Crippen LogP contribution in [0.3, 0.4) is 0 Å². The first-order valence-corrected chi connectivity index (χ1v) is 15.1. The molecule has 1 aromatic rings. The molecule has 0 aliphatic carbocycles. The van der Waals surface area contributed by atoms with Crippen molar-refractivity contribution in [3.63, 3.8) is 0 Å². The number of hydrogen-bond donors (Lipinski definition) is 5. The van der Waals surface area contributed by atoms with Crippen LogP contribution < -0.4 is 16.0 Å². The molecule has 5 N–H and O–H groups in total. The summed E-state index contributed by atoms with van der Waals surface area (Å²) in [5.74, 6) is -5.70. The van der Waals surface area contributed by atoms with Crippen LogP contribution in [0.2, 0.25) is 0 Å². The van der Waals surface area contributed by atoms with Crippen molar-refractivity contribution in [3.05, 3.63) is 46.7 Å². The predicted octanol–water partition coefficient (Wildman–Crippen LogP) is 1.57. The largest absolute Gasteiger partial charge is 0.480 e. The number of ether oxygens (including phenoxy) is 1. The van der Waals surface area contributed by atoms with E-state index in [4.69, 9.17) is 16.3 Å². The van der Waals surface area contributed by atoms with Gasteiger partial charge in [-0.1, -0.05) is 32.9 Å². The van der Waals surface area contributed by atoms with Gasteiger partial charge in [0, 0.05) is 23.3 Å². The van der Waals surface area contributed by atoms with Gasteiger partial charge in [-0.15, -0.1) is 23.4 Å². The van der Waals surface area contributed by atoms with Crippen LogP contribution in [0.15, 0.2) is 35.5 Å². The molecular formula is C28H33ClN4O10S. The Bertz CT molecular complexity index is 1380. The van der Waals surface area contributed by atoms with Crippen molar-refractivity contribution in [2.45, 2.75) is 62.9 Å². The van der Waals surface area contributed by atoms with Crippen LogP contribution in [-0.4, -0.2) is 92.5 Å². The van der Waals surface area contributed by atoms with Crippen LogP contribution in [0.4, 0.5) is 4.79 Å². The number of carbonyl (C=O) groups is 7. The average molecular weight is 653 g/mol. The Morgan fingerprint density at radius 2 is 1.75 bits per heavy atom. The number of aliphatic carboxylic acids is 2. The van der Waals surface area contributed by atoms with Crippen molar-refractivity contribution < 1.29 is 48.5 Å². The van der Waals surface area contributed by atoms with E-state index in [1.807, 2.05) is 26.1 Å². The monoisotopic (exact) mass is 652 g/mol. The van der Waals surface area contributed by atoms with Crippen LogP contribution in [0.25, 0.3) is 0 Å². The number of nitrogens with zero attached hydrogens (tertiary/aromatic N) is 1. The molecule has 5 amide bonds. The Balaban J connectivity index is 1.51. The lowest BCUT2D eigenvalue weighted by Gasteiger charge is -2.49. The third-order valence-electron chi connectivity index (χ3n) is 6.82. The molecule has 2 heterocycles. The number of halogens is 1. The maximum absolute atomic E-state index is 12.8. The van der Waals surface area contributed by atoms with Crippen molar-refractivity contribution in [1.82, 2.24) is 20.9 Å². The fourth-order valence-electron chi connectivity index (χ4n) is 4.46. The first-order chi connectivity index (χ1) is 20.6. The fourth-order valence-corrected chi connectivity index (χ4v) is 5.86. The fraction of sp³-hybridized carbons (Fsp3) is 0.464. The minimum absolute atomic E-state index is 0.0448. The van der Waals surface area contributed by atoms with Crippen LogP contribution in [0, 0.1) is 0 Å². The van der Waals surface area contributed by atoms with E-state index in [0.717, 1.165) is 22.2 Å². The molecule has 16 heteroatoms. The molecule has 0 radical (unpaired) electrons. The van der Waals surface area contributed by atoms with Gasteiger partial charge in [0.15, 0.2) is 0 Å². The van der Waals surface area contributed by atoms with Crippen molar-refractivity contribution in [1.29, 1.82) is 0 Å². The summed E-state index contributed by atoms with van der Waals surface area (Å²) in [5.41, 5.74) is 0.943. The van der Waals surface area contributed by atoms with Gasteiger partial charge in [-0.25, -0.2) is 14.4 Å². The van der Waals surface area contributed by atoms with Gasteiger partial charge in [-0.05, 0) is 36.0 Å². The Hall–Kier alpha value is -4.11. The number of amides is 5. The highest BCUT2D eigenvalue weighted by atomic mass is 35.5. The predicted molar refractivity (Wildman–Crippen MR) is 158 cm³/mol. The van der Waals surface area contributed by atoms with Gasteiger partial charge < -0.3 is 25.6 Å². The number of carbonyl (C=O) groups excluding carboxylic acids is 5. The molecule has 2 unspecified atom stereocenters. The van der Waals surface area contributed by atoms with E-state index in [9.17, 15) is 43.8 Å². The summed E-state index contributed by atoms with van der Waals surface area (Å²) < 4.78 is 4.88. The summed E-state index contributed by atoms with van der Waals surface area (Å²) in [7, 11) is 0. The van der Waals surface area contributed by atoms with E-state index in [0.29, 0.717) is 5.56 Å². The molecule has 0 spiro atoms. The number of alkyl halides is 1. The van der Waals surface area contributed by atoms with E-state index >= 15 is 0 Å². The first-order valence-electron chi connectivity index (χ1n) is 13.5.